The molecular formula is C12H22N2O. The molecule has 0 aromatic rings. The van der Waals surface area contributed by atoms with Crippen molar-refractivity contribution in [3.8, 4) is 6.07 Å². The fourth-order valence-electron chi connectivity index (χ4n) is 2.46. The Labute approximate surface area is 92.7 Å². The van der Waals surface area contributed by atoms with Gasteiger partial charge in [0.15, 0.2) is 0 Å². The van der Waals surface area contributed by atoms with Gasteiger partial charge in [-0.05, 0) is 26.7 Å². The van der Waals surface area contributed by atoms with Gasteiger partial charge in [-0.1, -0.05) is 12.8 Å². The summed E-state index contributed by atoms with van der Waals surface area (Å²) in [5.74, 6) is 0. The number of aliphatic hydroxyl groups excluding tert-OH is 1. The van der Waals surface area contributed by atoms with E-state index in [9.17, 15) is 5.11 Å². The molecular weight excluding hydrogens is 188 g/mol. The molecule has 0 radical (unpaired) electrons. The Morgan fingerprint density at radius 1 is 1.40 bits per heavy atom. The molecule has 1 saturated carbocycles. The lowest BCUT2D eigenvalue weighted by atomic mass is 9.90. The zero-order chi connectivity index (χ0) is 11.3. The molecule has 0 aromatic heterocycles. The van der Waals surface area contributed by atoms with Gasteiger partial charge in [0.2, 0.25) is 0 Å². The third-order valence-electron chi connectivity index (χ3n) is 3.27. The average Bonchev–Trinajstić information content (AvgIpc) is 2.20. The highest BCUT2D eigenvalue weighted by Gasteiger charge is 2.29. The zero-order valence-corrected chi connectivity index (χ0v) is 9.82. The number of hydrogen-bond acceptors (Lipinski definition) is 3. The van der Waals surface area contributed by atoms with Crippen molar-refractivity contribution >= 4 is 0 Å². The molecule has 2 atom stereocenters. The predicted octanol–water partition coefficient (Wildman–Crippen LogP) is 1.91. The minimum absolute atomic E-state index is 0.195. The Kier molecular flexibility index (Phi) is 5.07. The second-order valence-electron chi connectivity index (χ2n) is 4.66. The van der Waals surface area contributed by atoms with Gasteiger partial charge in [0, 0.05) is 25.0 Å². The first kappa shape index (κ1) is 12.5. The minimum Gasteiger partial charge on any atom is -0.391 e. The van der Waals surface area contributed by atoms with E-state index in [2.05, 4.69) is 24.8 Å². The van der Waals surface area contributed by atoms with Crippen LogP contribution in [0.5, 0.6) is 0 Å². The van der Waals surface area contributed by atoms with Gasteiger partial charge in [0.25, 0.3) is 0 Å². The molecule has 0 unspecified atom stereocenters. The number of nitrogens with zero attached hydrogens (tertiary/aromatic N) is 2. The van der Waals surface area contributed by atoms with E-state index in [1.165, 1.54) is 6.42 Å². The van der Waals surface area contributed by atoms with E-state index in [1.807, 2.05) is 0 Å². The summed E-state index contributed by atoms with van der Waals surface area (Å²) in [7, 11) is 0. The molecule has 15 heavy (non-hydrogen) atoms. The van der Waals surface area contributed by atoms with Crippen molar-refractivity contribution < 1.29 is 5.11 Å². The van der Waals surface area contributed by atoms with Crippen LogP contribution >= 0.6 is 0 Å². The fraction of sp³-hybridized carbons (Fsp3) is 0.917. The van der Waals surface area contributed by atoms with Gasteiger partial charge in [-0.15, -0.1) is 0 Å². The first-order chi connectivity index (χ1) is 7.16. The second-order valence-corrected chi connectivity index (χ2v) is 4.66. The maximum Gasteiger partial charge on any atom is 0.0695 e. The Morgan fingerprint density at radius 3 is 2.60 bits per heavy atom. The van der Waals surface area contributed by atoms with Gasteiger partial charge in [0.1, 0.15) is 0 Å². The van der Waals surface area contributed by atoms with Crippen molar-refractivity contribution in [2.45, 2.75) is 64.1 Å². The van der Waals surface area contributed by atoms with E-state index in [-0.39, 0.29) is 12.1 Å². The van der Waals surface area contributed by atoms with Crippen LogP contribution in [0.4, 0.5) is 0 Å². The molecule has 1 aliphatic rings. The molecule has 0 saturated heterocycles. The second kappa shape index (κ2) is 6.09. The van der Waals surface area contributed by atoms with Crippen LogP contribution in [0.3, 0.4) is 0 Å². The van der Waals surface area contributed by atoms with Gasteiger partial charge in [-0.3, -0.25) is 4.90 Å². The van der Waals surface area contributed by atoms with E-state index in [0.717, 1.165) is 25.8 Å². The van der Waals surface area contributed by atoms with Crippen molar-refractivity contribution in [3.05, 3.63) is 0 Å². The topological polar surface area (TPSA) is 47.3 Å². The summed E-state index contributed by atoms with van der Waals surface area (Å²) in [5, 5.41) is 18.6. The lowest BCUT2D eigenvalue weighted by molar-refractivity contribution is 0.00602. The Balaban J connectivity index is 2.57. The van der Waals surface area contributed by atoms with Gasteiger partial charge < -0.3 is 5.11 Å². The first-order valence-corrected chi connectivity index (χ1v) is 5.97. The summed E-state index contributed by atoms with van der Waals surface area (Å²) in [6.07, 6.45) is 4.70. The monoisotopic (exact) mass is 210 g/mol. The van der Waals surface area contributed by atoms with Crippen molar-refractivity contribution in [2.24, 2.45) is 0 Å². The Bertz CT molecular complexity index is 222. The summed E-state index contributed by atoms with van der Waals surface area (Å²) >= 11 is 0. The van der Waals surface area contributed by atoms with Crippen molar-refractivity contribution in [2.75, 3.05) is 6.54 Å². The summed E-state index contributed by atoms with van der Waals surface area (Å²) < 4.78 is 0. The van der Waals surface area contributed by atoms with Crippen LogP contribution in [0.2, 0.25) is 0 Å². The van der Waals surface area contributed by atoms with Crippen molar-refractivity contribution in [1.29, 1.82) is 5.26 Å². The zero-order valence-electron chi connectivity index (χ0n) is 9.82. The molecule has 1 rings (SSSR count). The lowest BCUT2D eigenvalue weighted by Gasteiger charge is -2.39. The number of nitriles is 1. The van der Waals surface area contributed by atoms with Crippen LogP contribution in [0.15, 0.2) is 0 Å². The molecule has 0 aliphatic heterocycles. The first-order valence-electron chi connectivity index (χ1n) is 5.97. The molecule has 0 amide bonds. The largest absolute Gasteiger partial charge is 0.391 e. The molecule has 0 aromatic carbocycles. The highest BCUT2D eigenvalue weighted by molar-refractivity contribution is 4.86. The maximum atomic E-state index is 9.96. The third-order valence-corrected chi connectivity index (χ3v) is 3.27. The molecule has 0 heterocycles. The molecule has 1 N–H and O–H groups in total. The van der Waals surface area contributed by atoms with E-state index in [0.29, 0.717) is 12.5 Å². The standard InChI is InChI=1S/C12H22N2O/c1-10(2)14(9-5-8-13)11-6-3-4-7-12(11)15/h10-12,15H,3-7,9H2,1-2H3/t11-,12-/m1/s1. The highest BCUT2D eigenvalue weighted by atomic mass is 16.3. The van der Waals surface area contributed by atoms with Crippen LogP contribution in [-0.2, 0) is 0 Å². The summed E-state index contributed by atoms with van der Waals surface area (Å²) in [5.41, 5.74) is 0. The number of aliphatic hydroxyl groups is 1. The van der Waals surface area contributed by atoms with E-state index < -0.39 is 0 Å². The molecule has 0 spiro atoms. The highest BCUT2D eigenvalue weighted by Crippen LogP contribution is 2.24. The lowest BCUT2D eigenvalue weighted by Crippen LogP contribution is -2.49. The quantitative estimate of drug-likeness (QED) is 0.771. The minimum atomic E-state index is -0.195. The van der Waals surface area contributed by atoms with Crippen LogP contribution in [0.1, 0.15) is 46.0 Å². The number of rotatable bonds is 4. The van der Waals surface area contributed by atoms with Crippen LogP contribution in [-0.4, -0.2) is 34.7 Å². The molecule has 1 fully saturated rings. The third kappa shape index (κ3) is 3.48. The SMILES string of the molecule is CC(C)N(CCC#N)[C@@H]1CCCC[C@H]1O. The molecule has 3 heteroatoms. The summed E-state index contributed by atoms with van der Waals surface area (Å²) in [4.78, 5) is 2.28. The fourth-order valence-corrected chi connectivity index (χ4v) is 2.46. The normalized spacial score (nSPS) is 26.9. The van der Waals surface area contributed by atoms with Crippen LogP contribution in [0.25, 0.3) is 0 Å². The predicted molar refractivity (Wildman–Crippen MR) is 60.3 cm³/mol. The smallest absolute Gasteiger partial charge is 0.0695 e. The van der Waals surface area contributed by atoms with Crippen LogP contribution < -0.4 is 0 Å². The van der Waals surface area contributed by atoms with Gasteiger partial charge >= 0.3 is 0 Å². The Morgan fingerprint density at radius 2 is 2.07 bits per heavy atom. The van der Waals surface area contributed by atoms with Crippen LogP contribution in [0, 0.1) is 11.3 Å². The number of hydrogen-bond donors (Lipinski definition) is 1. The van der Waals surface area contributed by atoms with E-state index >= 15 is 0 Å². The summed E-state index contributed by atoms with van der Waals surface area (Å²) in [6, 6.07) is 2.87. The van der Waals surface area contributed by atoms with Crippen molar-refractivity contribution in [3.63, 3.8) is 0 Å². The van der Waals surface area contributed by atoms with Crippen molar-refractivity contribution in [1.82, 2.24) is 4.90 Å². The average molecular weight is 210 g/mol. The maximum absolute atomic E-state index is 9.96. The van der Waals surface area contributed by atoms with E-state index in [1.54, 1.807) is 0 Å². The van der Waals surface area contributed by atoms with Gasteiger partial charge in [0.05, 0.1) is 12.2 Å². The molecule has 0 bridgehead atoms. The molecule has 86 valence electrons. The van der Waals surface area contributed by atoms with E-state index in [4.69, 9.17) is 5.26 Å². The summed E-state index contributed by atoms with van der Waals surface area (Å²) in [6.45, 7) is 5.06. The Hall–Kier alpha value is -0.590. The molecule has 3 nitrogen and oxygen atoms in total. The van der Waals surface area contributed by atoms with Gasteiger partial charge in [-0.2, -0.15) is 5.26 Å². The molecule has 1 aliphatic carbocycles. The van der Waals surface area contributed by atoms with Gasteiger partial charge in [-0.25, -0.2) is 0 Å².